The molecule has 0 fully saturated rings. The molecule has 5 aromatic rings. The molecule has 0 aliphatic rings. The first-order valence-electron chi connectivity index (χ1n) is 10.4. The fourth-order valence-corrected chi connectivity index (χ4v) is 5.16. The summed E-state index contributed by atoms with van der Waals surface area (Å²) in [6, 6.07) is 15.4. The Balaban J connectivity index is 1.66. The van der Waals surface area contributed by atoms with Crippen LogP contribution in [-0.2, 0) is 15.6 Å². The standard InChI is InChI=1S/C25H18FN3O5S/c1-33-24-6-2-16(18-10-19(26)14-27-13-18)12-23(24)29-22-5-4-21(11-17(22)3-7-25(29)30)35(31,32)15-20-8-9-34-28-20/h2-14H,15H2,1H3. The van der Waals surface area contributed by atoms with Crippen molar-refractivity contribution in [1.82, 2.24) is 14.7 Å². The second-order valence-corrected chi connectivity index (χ2v) is 9.75. The molecule has 176 valence electrons. The van der Waals surface area contributed by atoms with Gasteiger partial charge in [-0.1, -0.05) is 11.2 Å². The molecule has 3 heterocycles. The number of ether oxygens (including phenoxy) is 1. The van der Waals surface area contributed by atoms with E-state index in [1.807, 2.05) is 0 Å². The number of nitrogens with zero attached hydrogens (tertiary/aromatic N) is 3. The first-order valence-corrected chi connectivity index (χ1v) is 12.1. The largest absolute Gasteiger partial charge is 0.495 e. The number of fused-ring (bicyclic) bond motifs is 1. The van der Waals surface area contributed by atoms with Crippen molar-refractivity contribution in [3.8, 4) is 22.6 Å². The molecule has 2 aromatic carbocycles. The van der Waals surface area contributed by atoms with Crippen molar-refractivity contribution < 1.29 is 22.1 Å². The number of pyridine rings is 2. The summed E-state index contributed by atoms with van der Waals surface area (Å²) in [6.45, 7) is 0. The Bertz CT molecular complexity index is 1710. The van der Waals surface area contributed by atoms with E-state index in [2.05, 4.69) is 10.1 Å². The number of sulfone groups is 1. The van der Waals surface area contributed by atoms with Crippen molar-refractivity contribution in [3.63, 3.8) is 0 Å². The first-order chi connectivity index (χ1) is 16.9. The van der Waals surface area contributed by atoms with Gasteiger partial charge in [0.05, 0.1) is 35.1 Å². The molecule has 0 amide bonds. The first kappa shape index (κ1) is 22.5. The van der Waals surface area contributed by atoms with Crippen LogP contribution in [0.1, 0.15) is 5.69 Å². The fraction of sp³-hybridized carbons (Fsp3) is 0.0800. The number of halogens is 1. The lowest BCUT2D eigenvalue weighted by Gasteiger charge is -2.16. The van der Waals surface area contributed by atoms with E-state index in [0.717, 1.165) is 6.20 Å². The maximum Gasteiger partial charge on any atom is 0.255 e. The Morgan fingerprint density at radius 1 is 1.00 bits per heavy atom. The van der Waals surface area contributed by atoms with Gasteiger partial charge in [0.25, 0.3) is 5.56 Å². The van der Waals surface area contributed by atoms with Crippen LogP contribution in [0, 0.1) is 5.82 Å². The van der Waals surface area contributed by atoms with Crippen LogP contribution in [0.25, 0.3) is 27.7 Å². The maximum atomic E-state index is 13.7. The normalized spacial score (nSPS) is 11.6. The highest BCUT2D eigenvalue weighted by molar-refractivity contribution is 7.90. The summed E-state index contributed by atoms with van der Waals surface area (Å²) in [5, 5.41) is 4.20. The lowest BCUT2D eigenvalue weighted by Crippen LogP contribution is -2.18. The molecule has 8 nitrogen and oxygen atoms in total. The highest BCUT2D eigenvalue weighted by Gasteiger charge is 2.19. The summed E-state index contributed by atoms with van der Waals surface area (Å²) < 4.78 is 51.2. The lowest BCUT2D eigenvalue weighted by molar-refractivity contribution is 0.413. The molecular formula is C25H18FN3O5S. The molecule has 0 spiro atoms. The predicted molar refractivity (Wildman–Crippen MR) is 127 cm³/mol. The zero-order valence-electron chi connectivity index (χ0n) is 18.4. The minimum atomic E-state index is -3.70. The second-order valence-electron chi connectivity index (χ2n) is 7.76. The average molecular weight is 492 g/mol. The van der Waals surface area contributed by atoms with E-state index in [-0.39, 0.29) is 16.2 Å². The lowest BCUT2D eigenvalue weighted by atomic mass is 10.1. The number of methoxy groups -OCH3 is 1. The van der Waals surface area contributed by atoms with Crippen LogP contribution in [-0.4, -0.2) is 30.2 Å². The minimum Gasteiger partial charge on any atom is -0.495 e. The minimum absolute atomic E-state index is 0.0877. The molecule has 0 unspecified atom stereocenters. The summed E-state index contributed by atoms with van der Waals surface area (Å²) in [7, 11) is -2.22. The zero-order chi connectivity index (χ0) is 24.6. The van der Waals surface area contributed by atoms with E-state index in [1.54, 1.807) is 30.3 Å². The Hall–Kier alpha value is -4.31. The molecule has 5 rings (SSSR count). The number of hydrogen-bond donors (Lipinski definition) is 0. The van der Waals surface area contributed by atoms with Gasteiger partial charge in [-0.3, -0.25) is 14.3 Å². The summed E-state index contributed by atoms with van der Waals surface area (Å²) >= 11 is 0. The van der Waals surface area contributed by atoms with Crippen molar-refractivity contribution in [1.29, 1.82) is 0 Å². The Labute approximate surface area is 199 Å². The molecule has 0 saturated heterocycles. The SMILES string of the molecule is COc1ccc(-c2cncc(F)c2)cc1-n1c(=O)ccc2cc(S(=O)(=O)Cc3ccon3)ccc21. The summed E-state index contributed by atoms with van der Waals surface area (Å²) in [5.41, 5.74) is 2.01. The summed E-state index contributed by atoms with van der Waals surface area (Å²) in [6.07, 6.45) is 3.94. The smallest absolute Gasteiger partial charge is 0.255 e. The van der Waals surface area contributed by atoms with Gasteiger partial charge in [-0.2, -0.15) is 0 Å². The van der Waals surface area contributed by atoms with Gasteiger partial charge < -0.3 is 9.26 Å². The van der Waals surface area contributed by atoms with Crippen LogP contribution in [0.5, 0.6) is 5.75 Å². The number of hydrogen-bond acceptors (Lipinski definition) is 7. The summed E-state index contributed by atoms with van der Waals surface area (Å²) in [5.74, 6) is -0.386. The highest BCUT2D eigenvalue weighted by atomic mass is 32.2. The van der Waals surface area contributed by atoms with E-state index >= 15 is 0 Å². The van der Waals surface area contributed by atoms with Crippen molar-refractivity contribution in [3.05, 3.63) is 101 Å². The van der Waals surface area contributed by atoms with Gasteiger partial charge >= 0.3 is 0 Å². The van der Waals surface area contributed by atoms with Gasteiger partial charge in [0.2, 0.25) is 0 Å². The van der Waals surface area contributed by atoms with Crippen LogP contribution in [0.4, 0.5) is 4.39 Å². The van der Waals surface area contributed by atoms with Gasteiger partial charge in [-0.15, -0.1) is 0 Å². The fourth-order valence-electron chi connectivity index (χ4n) is 3.87. The van der Waals surface area contributed by atoms with Crippen LogP contribution >= 0.6 is 0 Å². The molecule has 0 atom stereocenters. The molecule has 0 N–H and O–H groups in total. The molecule has 35 heavy (non-hydrogen) atoms. The molecular weight excluding hydrogens is 473 g/mol. The van der Waals surface area contributed by atoms with Crippen LogP contribution in [0.15, 0.2) is 93.5 Å². The Morgan fingerprint density at radius 3 is 2.60 bits per heavy atom. The monoisotopic (exact) mass is 491 g/mol. The molecule has 0 bridgehead atoms. The predicted octanol–water partition coefficient (Wildman–Crippen LogP) is 4.16. The zero-order valence-corrected chi connectivity index (χ0v) is 19.2. The van der Waals surface area contributed by atoms with Crippen molar-refractivity contribution in [2.24, 2.45) is 0 Å². The maximum absolute atomic E-state index is 13.7. The van der Waals surface area contributed by atoms with Crippen LogP contribution in [0.2, 0.25) is 0 Å². The quantitative estimate of drug-likeness (QED) is 0.351. The second kappa shape index (κ2) is 8.80. The topological polar surface area (TPSA) is 104 Å². The van der Waals surface area contributed by atoms with E-state index in [9.17, 15) is 17.6 Å². The highest BCUT2D eigenvalue weighted by Crippen LogP contribution is 2.31. The average Bonchev–Trinajstić information content (AvgIpc) is 3.35. The Kier molecular flexibility index (Phi) is 5.65. The third kappa shape index (κ3) is 4.31. The Morgan fingerprint density at radius 2 is 1.86 bits per heavy atom. The molecule has 0 radical (unpaired) electrons. The van der Waals surface area contributed by atoms with E-state index in [1.165, 1.54) is 54.5 Å². The third-order valence-electron chi connectivity index (χ3n) is 5.51. The molecule has 3 aromatic heterocycles. The van der Waals surface area contributed by atoms with Crippen molar-refractivity contribution in [2.45, 2.75) is 10.6 Å². The number of rotatable bonds is 6. The van der Waals surface area contributed by atoms with Crippen molar-refractivity contribution >= 4 is 20.7 Å². The molecule has 0 aliphatic carbocycles. The van der Waals surface area contributed by atoms with E-state index in [0.29, 0.717) is 39.2 Å². The van der Waals surface area contributed by atoms with Gasteiger partial charge in [-0.25, -0.2) is 12.8 Å². The number of benzene rings is 2. The van der Waals surface area contributed by atoms with Gasteiger partial charge in [0, 0.05) is 29.3 Å². The third-order valence-corrected chi connectivity index (χ3v) is 7.16. The molecule has 0 aliphatic heterocycles. The number of aromatic nitrogens is 3. The van der Waals surface area contributed by atoms with E-state index in [4.69, 9.17) is 9.26 Å². The van der Waals surface area contributed by atoms with E-state index < -0.39 is 15.7 Å². The summed E-state index contributed by atoms with van der Waals surface area (Å²) in [4.78, 5) is 17.0. The van der Waals surface area contributed by atoms with Gasteiger partial charge in [0.1, 0.15) is 23.6 Å². The molecule has 10 heteroatoms. The van der Waals surface area contributed by atoms with Crippen molar-refractivity contribution in [2.75, 3.05) is 7.11 Å². The van der Waals surface area contributed by atoms with Gasteiger partial charge in [-0.05, 0) is 48.0 Å². The van der Waals surface area contributed by atoms with Crippen LogP contribution < -0.4 is 10.3 Å². The molecule has 0 saturated carbocycles. The van der Waals surface area contributed by atoms with Gasteiger partial charge in [0.15, 0.2) is 9.84 Å². The van der Waals surface area contributed by atoms with Crippen LogP contribution in [0.3, 0.4) is 0 Å².